The van der Waals surface area contributed by atoms with Crippen LogP contribution in [0.3, 0.4) is 0 Å². The number of thioether (sulfide) groups is 3. The fraction of sp³-hybridized carbons (Fsp3) is 0.500. The summed E-state index contributed by atoms with van der Waals surface area (Å²) in [5.41, 5.74) is 0.443. The van der Waals surface area contributed by atoms with Crippen LogP contribution >= 0.6 is 35.3 Å². The number of hydrogen-bond acceptors (Lipinski definition) is 11. The van der Waals surface area contributed by atoms with E-state index >= 15 is 0 Å². The van der Waals surface area contributed by atoms with E-state index in [1.54, 1.807) is 0 Å². The minimum atomic E-state index is -4.60. The van der Waals surface area contributed by atoms with E-state index in [1.807, 2.05) is 0 Å². The first-order valence-corrected chi connectivity index (χ1v) is 11.5. The minimum Gasteiger partial charge on any atom is -0.543 e. The number of nitrogens with one attached hydrogen (secondary N) is 1. The molecule has 33 heavy (non-hydrogen) atoms. The van der Waals surface area contributed by atoms with Gasteiger partial charge in [-0.05, 0) is 27.8 Å². The number of alkyl halides is 3. The zero-order valence-electron chi connectivity index (χ0n) is 16.7. The molecule has 2 aliphatic rings. The number of tetrazole rings is 1. The molecule has 3 rings (SSSR count). The predicted molar refractivity (Wildman–Crippen MR) is 103 cm³/mol. The number of β-lactam (4-membered cyclic amide) rings is 1. The number of nitrogens with zero attached hydrogens (tertiary/aromatic N) is 5. The van der Waals surface area contributed by atoms with Crippen molar-refractivity contribution in [3.05, 3.63) is 11.3 Å². The summed E-state index contributed by atoms with van der Waals surface area (Å²) in [5.74, 6) is -4.79. The van der Waals surface area contributed by atoms with Gasteiger partial charge in [0.25, 0.3) is 5.91 Å². The van der Waals surface area contributed by atoms with Gasteiger partial charge in [-0.1, -0.05) is 11.8 Å². The molecule has 12 nitrogen and oxygen atoms in total. The van der Waals surface area contributed by atoms with Gasteiger partial charge >= 0.3 is 35.1 Å². The molecule has 174 valence electrons. The van der Waals surface area contributed by atoms with Crippen molar-refractivity contribution in [2.24, 2.45) is 5.73 Å². The fourth-order valence-corrected chi connectivity index (χ4v) is 5.58. The summed E-state index contributed by atoms with van der Waals surface area (Å²) in [6.07, 6.45) is 0. The number of carboxylic acids is 1. The fourth-order valence-electron chi connectivity index (χ4n) is 2.84. The molecule has 3 N–H and O–H groups in total. The number of hydrogen-bond donors (Lipinski definition) is 2. The minimum absolute atomic E-state index is 0. The molecule has 1 aromatic heterocycles. The van der Waals surface area contributed by atoms with Crippen molar-refractivity contribution in [3.63, 3.8) is 0 Å². The second-order valence-corrected chi connectivity index (χ2v) is 9.39. The van der Waals surface area contributed by atoms with E-state index in [1.165, 1.54) is 0 Å². The molecule has 0 aromatic carbocycles. The van der Waals surface area contributed by atoms with Crippen molar-refractivity contribution in [2.75, 3.05) is 17.3 Å². The van der Waals surface area contributed by atoms with Gasteiger partial charge < -0.3 is 21.0 Å². The third-order valence-electron chi connectivity index (χ3n) is 4.10. The molecule has 0 radical (unpaired) electrons. The number of aromatic nitrogens is 4. The van der Waals surface area contributed by atoms with Gasteiger partial charge in [0.2, 0.25) is 17.0 Å². The van der Waals surface area contributed by atoms with Crippen LogP contribution in [0.15, 0.2) is 16.4 Å². The second kappa shape index (κ2) is 11.3. The van der Waals surface area contributed by atoms with E-state index in [0.29, 0.717) is 5.57 Å². The Morgan fingerprint density at radius 2 is 2.03 bits per heavy atom. The smallest absolute Gasteiger partial charge is 0.543 e. The Kier molecular flexibility index (Phi) is 9.51. The van der Waals surface area contributed by atoms with Crippen LogP contribution in [0.4, 0.5) is 13.2 Å². The quantitative estimate of drug-likeness (QED) is 0.176. The summed E-state index contributed by atoms with van der Waals surface area (Å²) in [6, 6.07) is -1.15. The molecule has 1 saturated heterocycles. The summed E-state index contributed by atoms with van der Waals surface area (Å²) in [4.78, 5) is 47.9. The van der Waals surface area contributed by atoms with Crippen LogP contribution in [0.25, 0.3) is 0 Å². The van der Waals surface area contributed by atoms with Gasteiger partial charge in [0.15, 0.2) is 0 Å². The number of nitrogens with two attached hydrogens (primary N) is 1. The average Bonchev–Trinajstić information content (AvgIpc) is 3.13. The molecule has 2 atom stereocenters. The van der Waals surface area contributed by atoms with Gasteiger partial charge in [-0.25, -0.2) is 4.68 Å². The monoisotopic (exact) mass is 535 g/mol. The van der Waals surface area contributed by atoms with E-state index in [4.69, 9.17) is 5.73 Å². The van der Waals surface area contributed by atoms with Gasteiger partial charge in [0, 0.05) is 11.5 Å². The maximum Gasteiger partial charge on any atom is 1.00 e. The Balaban J connectivity index is 0.00000385. The molecular formula is C14H13F3N7NaO5S3. The summed E-state index contributed by atoms with van der Waals surface area (Å²) >= 11 is 1.61. The Labute approximate surface area is 218 Å². The summed E-state index contributed by atoms with van der Waals surface area (Å²) in [7, 11) is 0. The topological polar surface area (TPSA) is 176 Å². The van der Waals surface area contributed by atoms with E-state index in [2.05, 4.69) is 20.8 Å². The standard InChI is InChI=1S/C14H14F3N7O5S3.Na/c15-14(16,17)32-4-7(26)19-8-10(27)24-9(12(28)29)5(2-30-11(8)24)3-31-13-20-21-22-23(13)1-6(18)25;/h8,11H,1-4H2,(H2,18,25)(H,19,26)(H,28,29);/q;+1/p-1/t8?,11-;/m1./s1. The van der Waals surface area contributed by atoms with Gasteiger partial charge in [0.1, 0.15) is 18.0 Å². The molecule has 0 aliphatic carbocycles. The van der Waals surface area contributed by atoms with E-state index in [9.17, 15) is 37.5 Å². The van der Waals surface area contributed by atoms with Crippen LogP contribution in [0, 0.1) is 0 Å². The van der Waals surface area contributed by atoms with Gasteiger partial charge in [-0.15, -0.1) is 16.9 Å². The molecule has 3 heterocycles. The average molecular weight is 535 g/mol. The number of carbonyl (C=O) groups is 4. The van der Waals surface area contributed by atoms with Crippen molar-refractivity contribution in [2.45, 2.75) is 28.6 Å². The number of carbonyl (C=O) groups excluding carboxylic acids is 4. The van der Waals surface area contributed by atoms with Crippen LogP contribution in [-0.4, -0.2) is 83.0 Å². The van der Waals surface area contributed by atoms with E-state index < -0.39 is 58.1 Å². The number of halogens is 3. The van der Waals surface area contributed by atoms with Gasteiger partial charge in [-0.3, -0.25) is 19.3 Å². The zero-order valence-corrected chi connectivity index (χ0v) is 21.1. The number of rotatable bonds is 9. The number of carboxylic acid groups (broad SMARTS) is 1. The first-order chi connectivity index (χ1) is 15.0. The largest absolute Gasteiger partial charge is 1.00 e. The van der Waals surface area contributed by atoms with Gasteiger partial charge in [0.05, 0.1) is 17.4 Å². The first kappa shape index (κ1) is 27.8. The van der Waals surface area contributed by atoms with E-state index in [-0.39, 0.29) is 58.5 Å². The Morgan fingerprint density at radius 1 is 1.33 bits per heavy atom. The molecule has 1 unspecified atom stereocenters. The van der Waals surface area contributed by atoms with Crippen LogP contribution in [-0.2, 0) is 25.7 Å². The molecule has 2 aliphatic heterocycles. The van der Waals surface area contributed by atoms with Crippen molar-refractivity contribution in [1.82, 2.24) is 30.4 Å². The van der Waals surface area contributed by atoms with Crippen LogP contribution in [0.1, 0.15) is 0 Å². The summed E-state index contributed by atoms with van der Waals surface area (Å²) in [6.45, 7) is -0.281. The van der Waals surface area contributed by atoms with Gasteiger partial charge in [-0.2, -0.15) is 13.2 Å². The van der Waals surface area contributed by atoms with Crippen molar-refractivity contribution >= 4 is 59.0 Å². The number of aliphatic carboxylic acids is 1. The maximum atomic E-state index is 12.5. The number of fused-ring (bicyclic) bond motifs is 1. The first-order valence-electron chi connectivity index (χ1n) is 8.53. The Bertz CT molecular complexity index is 992. The van der Waals surface area contributed by atoms with Crippen LogP contribution in [0.5, 0.6) is 0 Å². The Hall–Kier alpha value is -1.47. The number of primary amides is 1. The van der Waals surface area contributed by atoms with Crippen molar-refractivity contribution in [1.29, 1.82) is 0 Å². The molecule has 1 fully saturated rings. The summed E-state index contributed by atoms with van der Waals surface area (Å²) in [5, 5.41) is 24.1. The third-order valence-corrected chi connectivity index (χ3v) is 7.22. The SMILES string of the molecule is NC(=O)Cn1nnnc1SCC1=C(C(=O)[O-])N2C(=O)C(NC(=O)CSC(F)(F)F)[C@H]2SC1.[Na+]. The number of amides is 3. The third kappa shape index (κ3) is 6.78. The molecule has 0 bridgehead atoms. The van der Waals surface area contributed by atoms with Crippen molar-refractivity contribution < 1.29 is 67.0 Å². The normalized spacial score (nSPS) is 20.0. The van der Waals surface area contributed by atoms with E-state index in [0.717, 1.165) is 33.1 Å². The molecule has 3 amide bonds. The Morgan fingerprint density at radius 3 is 2.64 bits per heavy atom. The molecule has 0 saturated carbocycles. The molecule has 19 heteroatoms. The molecular weight excluding hydrogens is 522 g/mol. The maximum absolute atomic E-state index is 12.5. The van der Waals surface area contributed by atoms with Crippen molar-refractivity contribution in [3.8, 4) is 0 Å². The zero-order chi connectivity index (χ0) is 23.6. The molecule has 0 spiro atoms. The van der Waals surface area contributed by atoms with Crippen LogP contribution in [0.2, 0.25) is 0 Å². The van der Waals surface area contributed by atoms with Crippen LogP contribution < -0.4 is 45.7 Å². The molecule has 1 aromatic rings. The predicted octanol–water partition coefficient (Wildman–Crippen LogP) is -5.09. The second-order valence-electron chi connectivity index (χ2n) is 6.30. The summed E-state index contributed by atoms with van der Waals surface area (Å²) < 4.78 is 37.8.